The van der Waals surface area contributed by atoms with Gasteiger partial charge >= 0.3 is 5.97 Å². The number of halogens is 1. The number of carboxylic acid groups (broad SMARTS) is 1. The van der Waals surface area contributed by atoms with Gasteiger partial charge in [-0.05, 0) is 52.8 Å². The summed E-state index contributed by atoms with van der Waals surface area (Å²) in [5.74, 6) is -1.43. The molecule has 0 spiro atoms. The molecule has 0 aliphatic carbocycles. The number of carboxylic acids is 1. The fourth-order valence-corrected chi connectivity index (χ4v) is 2.86. The van der Waals surface area contributed by atoms with Gasteiger partial charge in [-0.15, -0.1) is 0 Å². The Morgan fingerprint density at radius 3 is 2.26 bits per heavy atom. The lowest BCUT2D eigenvalue weighted by atomic mass is 9.93. The molecule has 0 radical (unpaired) electrons. The van der Waals surface area contributed by atoms with Crippen molar-refractivity contribution in [3.8, 4) is 16.9 Å². The SMILES string of the molecule is CCc1c(C(=O)O)cc(O)c2ccc(-c3ccc(F)cc3)cc12. The Balaban J connectivity index is 2.29. The molecule has 0 amide bonds. The number of phenols is 1. The van der Waals surface area contributed by atoms with Gasteiger partial charge < -0.3 is 10.2 Å². The van der Waals surface area contributed by atoms with Crippen molar-refractivity contribution in [3.05, 3.63) is 65.5 Å². The summed E-state index contributed by atoms with van der Waals surface area (Å²) < 4.78 is 13.1. The number of phenolic OH excluding ortho intramolecular Hbond substituents is 1. The van der Waals surface area contributed by atoms with Crippen molar-refractivity contribution in [2.24, 2.45) is 0 Å². The van der Waals surface area contributed by atoms with Crippen LogP contribution in [0.2, 0.25) is 0 Å². The third-order valence-corrected chi connectivity index (χ3v) is 3.99. The predicted octanol–water partition coefficient (Wildman–Crippen LogP) is 4.61. The molecule has 4 heteroatoms. The third-order valence-electron chi connectivity index (χ3n) is 3.99. The van der Waals surface area contributed by atoms with Crippen LogP contribution in [0.15, 0.2) is 48.5 Å². The summed E-state index contributed by atoms with van der Waals surface area (Å²) in [5.41, 5.74) is 2.45. The normalized spacial score (nSPS) is 10.9. The summed E-state index contributed by atoms with van der Waals surface area (Å²) >= 11 is 0. The van der Waals surface area contributed by atoms with E-state index in [1.54, 1.807) is 18.2 Å². The molecule has 2 N–H and O–H groups in total. The van der Waals surface area contributed by atoms with Crippen LogP contribution in [0.25, 0.3) is 21.9 Å². The molecule has 0 saturated carbocycles. The summed E-state index contributed by atoms with van der Waals surface area (Å²) in [6, 6.07) is 12.8. The zero-order valence-electron chi connectivity index (χ0n) is 12.5. The highest BCUT2D eigenvalue weighted by molar-refractivity contribution is 6.02. The molecular formula is C19H15FO3. The van der Waals surface area contributed by atoms with Crippen molar-refractivity contribution in [1.29, 1.82) is 0 Å². The molecule has 0 heterocycles. The first-order valence-corrected chi connectivity index (χ1v) is 7.29. The van der Waals surface area contributed by atoms with Crippen LogP contribution in [0.1, 0.15) is 22.8 Å². The van der Waals surface area contributed by atoms with Crippen molar-refractivity contribution >= 4 is 16.7 Å². The lowest BCUT2D eigenvalue weighted by molar-refractivity contribution is 0.0695. The number of hydrogen-bond acceptors (Lipinski definition) is 2. The van der Waals surface area contributed by atoms with E-state index in [0.29, 0.717) is 22.8 Å². The smallest absolute Gasteiger partial charge is 0.336 e. The monoisotopic (exact) mass is 310 g/mol. The Hall–Kier alpha value is -2.88. The number of hydrogen-bond donors (Lipinski definition) is 2. The molecule has 0 aliphatic heterocycles. The van der Waals surface area contributed by atoms with E-state index in [1.165, 1.54) is 18.2 Å². The number of aryl methyl sites for hydroxylation is 1. The number of benzene rings is 3. The van der Waals surface area contributed by atoms with Crippen molar-refractivity contribution in [3.63, 3.8) is 0 Å². The van der Waals surface area contributed by atoms with Crippen LogP contribution in [0.5, 0.6) is 5.75 Å². The molecule has 0 unspecified atom stereocenters. The second-order valence-electron chi connectivity index (χ2n) is 5.35. The van der Waals surface area contributed by atoms with Crippen LogP contribution in [0.4, 0.5) is 4.39 Å². The van der Waals surface area contributed by atoms with Crippen LogP contribution in [0, 0.1) is 5.82 Å². The van der Waals surface area contributed by atoms with E-state index in [9.17, 15) is 19.4 Å². The summed E-state index contributed by atoms with van der Waals surface area (Å²) in [4.78, 5) is 11.4. The standard InChI is InChI=1S/C19H15FO3/c1-2-14-16-9-12(11-3-6-13(20)7-4-11)5-8-15(16)18(21)10-17(14)19(22)23/h3-10,21H,2H2,1H3,(H,22,23). The predicted molar refractivity (Wildman–Crippen MR) is 87.3 cm³/mol. The summed E-state index contributed by atoms with van der Waals surface area (Å²) in [6.07, 6.45) is 0.533. The van der Waals surface area contributed by atoms with E-state index < -0.39 is 5.97 Å². The highest BCUT2D eigenvalue weighted by Gasteiger charge is 2.16. The van der Waals surface area contributed by atoms with Crippen molar-refractivity contribution in [2.45, 2.75) is 13.3 Å². The molecule has 0 bridgehead atoms. The second kappa shape index (κ2) is 5.72. The van der Waals surface area contributed by atoms with Gasteiger partial charge in [0, 0.05) is 5.39 Å². The Labute approximate surface area is 132 Å². The average molecular weight is 310 g/mol. The summed E-state index contributed by atoms with van der Waals surface area (Å²) in [6.45, 7) is 1.88. The third kappa shape index (κ3) is 2.63. The molecular weight excluding hydrogens is 295 g/mol. The van der Waals surface area contributed by atoms with Crippen LogP contribution < -0.4 is 0 Å². The number of rotatable bonds is 3. The molecule has 116 valence electrons. The first-order valence-electron chi connectivity index (χ1n) is 7.29. The van der Waals surface area contributed by atoms with Gasteiger partial charge in [-0.25, -0.2) is 9.18 Å². The van der Waals surface area contributed by atoms with Gasteiger partial charge in [0.25, 0.3) is 0 Å². The molecule has 3 rings (SSSR count). The van der Waals surface area contributed by atoms with Gasteiger partial charge in [-0.2, -0.15) is 0 Å². The van der Waals surface area contributed by atoms with Gasteiger partial charge in [0.05, 0.1) is 5.56 Å². The van der Waals surface area contributed by atoms with Gasteiger partial charge in [-0.3, -0.25) is 0 Å². The molecule has 0 saturated heterocycles. The van der Waals surface area contributed by atoms with Gasteiger partial charge in [0.1, 0.15) is 11.6 Å². The van der Waals surface area contributed by atoms with Crippen molar-refractivity contribution in [1.82, 2.24) is 0 Å². The fraction of sp³-hybridized carbons (Fsp3) is 0.105. The van der Waals surface area contributed by atoms with E-state index in [0.717, 1.165) is 11.1 Å². The topological polar surface area (TPSA) is 57.5 Å². The average Bonchev–Trinajstić information content (AvgIpc) is 2.55. The Kier molecular flexibility index (Phi) is 3.74. The number of aromatic hydroxyl groups is 1. The first kappa shape index (κ1) is 15.0. The van der Waals surface area contributed by atoms with Crippen LogP contribution >= 0.6 is 0 Å². The molecule has 3 nitrogen and oxygen atoms in total. The lowest BCUT2D eigenvalue weighted by Gasteiger charge is -2.12. The maximum Gasteiger partial charge on any atom is 0.336 e. The largest absolute Gasteiger partial charge is 0.507 e. The molecule has 0 aromatic heterocycles. The number of aromatic carboxylic acids is 1. The summed E-state index contributed by atoms with van der Waals surface area (Å²) in [5, 5.41) is 20.8. The maximum absolute atomic E-state index is 13.1. The lowest BCUT2D eigenvalue weighted by Crippen LogP contribution is -2.02. The quantitative estimate of drug-likeness (QED) is 0.742. The highest BCUT2D eigenvalue weighted by Crippen LogP contribution is 2.34. The van der Waals surface area contributed by atoms with Gasteiger partial charge in [0.2, 0.25) is 0 Å². The van der Waals surface area contributed by atoms with E-state index in [-0.39, 0.29) is 17.1 Å². The first-order chi connectivity index (χ1) is 11.0. The Morgan fingerprint density at radius 2 is 1.65 bits per heavy atom. The Bertz CT molecular complexity index is 899. The minimum Gasteiger partial charge on any atom is -0.507 e. The van der Waals surface area contributed by atoms with Crippen LogP contribution in [-0.2, 0) is 6.42 Å². The molecule has 0 fully saturated rings. The Morgan fingerprint density at radius 1 is 1.00 bits per heavy atom. The zero-order valence-corrected chi connectivity index (χ0v) is 12.5. The molecule has 3 aromatic rings. The van der Waals surface area contributed by atoms with Crippen LogP contribution in [0.3, 0.4) is 0 Å². The van der Waals surface area contributed by atoms with E-state index in [4.69, 9.17) is 0 Å². The highest BCUT2D eigenvalue weighted by atomic mass is 19.1. The van der Waals surface area contributed by atoms with Gasteiger partial charge in [0.15, 0.2) is 0 Å². The van der Waals surface area contributed by atoms with Gasteiger partial charge in [-0.1, -0.05) is 31.2 Å². The molecule has 23 heavy (non-hydrogen) atoms. The van der Waals surface area contributed by atoms with Crippen molar-refractivity contribution in [2.75, 3.05) is 0 Å². The zero-order chi connectivity index (χ0) is 16.6. The minimum atomic E-state index is -1.06. The van der Waals surface area contributed by atoms with E-state index in [2.05, 4.69) is 0 Å². The molecule has 3 aromatic carbocycles. The molecule has 0 atom stereocenters. The number of carbonyl (C=O) groups is 1. The van der Waals surface area contributed by atoms with E-state index >= 15 is 0 Å². The fourth-order valence-electron chi connectivity index (χ4n) is 2.86. The summed E-state index contributed by atoms with van der Waals surface area (Å²) in [7, 11) is 0. The van der Waals surface area contributed by atoms with E-state index in [1.807, 2.05) is 19.1 Å². The van der Waals surface area contributed by atoms with Crippen molar-refractivity contribution < 1.29 is 19.4 Å². The molecule has 0 aliphatic rings. The van der Waals surface area contributed by atoms with Crippen LogP contribution in [-0.4, -0.2) is 16.2 Å². The number of fused-ring (bicyclic) bond motifs is 1. The minimum absolute atomic E-state index is 0.0553. The maximum atomic E-state index is 13.1. The second-order valence-corrected chi connectivity index (χ2v) is 5.35.